The van der Waals surface area contributed by atoms with Gasteiger partial charge in [0.2, 0.25) is 5.91 Å². The number of thioether (sulfide) groups is 1. The molecule has 1 saturated heterocycles. The average Bonchev–Trinajstić information content (AvgIpc) is 3.34. The zero-order chi connectivity index (χ0) is 20.5. The number of aromatic amines is 1. The Morgan fingerprint density at radius 1 is 1.21 bits per heavy atom. The molecule has 1 aliphatic rings. The van der Waals surface area contributed by atoms with Gasteiger partial charge in [-0.15, -0.1) is 11.8 Å². The van der Waals surface area contributed by atoms with Crippen molar-refractivity contribution in [3.05, 3.63) is 58.2 Å². The van der Waals surface area contributed by atoms with E-state index in [1.54, 1.807) is 49.6 Å². The van der Waals surface area contributed by atoms with Crippen molar-refractivity contribution in [1.29, 1.82) is 0 Å². The number of rotatable bonds is 4. The molecule has 1 fully saturated rings. The minimum atomic E-state index is -0.597. The third kappa shape index (κ3) is 3.90. The first-order valence-electron chi connectivity index (χ1n) is 8.78. The number of carbonyl (C=O) groups is 2. The molecule has 3 aromatic rings. The van der Waals surface area contributed by atoms with Gasteiger partial charge < -0.3 is 19.9 Å². The van der Waals surface area contributed by atoms with Crippen LogP contribution in [0.3, 0.4) is 0 Å². The maximum absolute atomic E-state index is 13.1. The second-order valence-corrected chi connectivity index (χ2v) is 8.33. The van der Waals surface area contributed by atoms with Crippen LogP contribution in [0.15, 0.2) is 42.5 Å². The highest BCUT2D eigenvalue weighted by atomic mass is 35.5. The van der Waals surface area contributed by atoms with Gasteiger partial charge in [-0.25, -0.2) is 0 Å². The summed E-state index contributed by atoms with van der Waals surface area (Å²) in [5, 5.41) is 4.37. The first-order chi connectivity index (χ1) is 14.0. The minimum absolute atomic E-state index is 0.246. The van der Waals surface area contributed by atoms with E-state index >= 15 is 0 Å². The normalized spacial score (nSPS) is 16.2. The smallest absolute Gasteiger partial charge is 0.273 e. The lowest BCUT2D eigenvalue weighted by Crippen LogP contribution is -2.44. The van der Waals surface area contributed by atoms with Gasteiger partial charge in [-0.1, -0.05) is 23.2 Å². The maximum Gasteiger partial charge on any atom is 0.273 e. The first kappa shape index (κ1) is 19.9. The van der Waals surface area contributed by atoms with Crippen molar-refractivity contribution in [3.8, 4) is 5.75 Å². The summed E-state index contributed by atoms with van der Waals surface area (Å²) in [6.45, 7) is 0. The lowest BCUT2D eigenvalue weighted by Gasteiger charge is -2.22. The number of amides is 2. The lowest BCUT2D eigenvalue weighted by molar-refractivity contribution is -0.119. The van der Waals surface area contributed by atoms with Crippen LogP contribution in [0, 0.1) is 0 Å². The summed E-state index contributed by atoms with van der Waals surface area (Å²) in [6.07, 6.45) is 0. The van der Waals surface area contributed by atoms with Gasteiger partial charge in [-0.2, -0.15) is 0 Å². The Balaban J connectivity index is 1.55. The molecular weight excluding hydrogens is 433 g/mol. The second-order valence-electron chi connectivity index (χ2n) is 6.51. The highest BCUT2D eigenvalue weighted by molar-refractivity contribution is 7.99. The number of fused-ring (bicyclic) bond motifs is 1. The molecule has 9 heteroatoms. The molecule has 150 valence electrons. The first-order valence-corrected chi connectivity index (χ1v) is 10.7. The van der Waals surface area contributed by atoms with Crippen LogP contribution >= 0.6 is 35.0 Å². The number of ether oxygens (including phenoxy) is 1. The van der Waals surface area contributed by atoms with Crippen LogP contribution in [0.25, 0.3) is 10.9 Å². The van der Waals surface area contributed by atoms with E-state index in [9.17, 15) is 9.59 Å². The summed E-state index contributed by atoms with van der Waals surface area (Å²) in [5.74, 6) is 1.06. The highest BCUT2D eigenvalue weighted by Crippen LogP contribution is 2.32. The average molecular weight is 450 g/mol. The largest absolute Gasteiger partial charge is 0.497 e. The minimum Gasteiger partial charge on any atom is -0.497 e. The van der Waals surface area contributed by atoms with Crippen molar-refractivity contribution in [2.45, 2.75) is 6.04 Å². The SMILES string of the molecule is COc1ccc(NC(=O)C2CSCN2C(=O)c2[nH]c3ccc(Cl)cc3c2Cl)cc1. The predicted molar refractivity (Wildman–Crippen MR) is 117 cm³/mol. The number of nitrogens with one attached hydrogen (secondary N) is 2. The molecule has 0 radical (unpaired) electrons. The van der Waals surface area contributed by atoms with Gasteiger partial charge in [0.1, 0.15) is 17.5 Å². The number of halogens is 2. The van der Waals surface area contributed by atoms with Gasteiger partial charge >= 0.3 is 0 Å². The van der Waals surface area contributed by atoms with E-state index < -0.39 is 6.04 Å². The van der Waals surface area contributed by atoms with Gasteiger partial charge in [0.05, 0.1) is 18.0 Å². The van der Waals surface area contributed by atoms with Crippen LogP contribution in [0.2, 0.25) is 10.0 Å². The Morgan fingerprint density at radius 3 is 2.69 bits per heavy atom. The number of aromatic nitrogens is 1. The van der Waals surface area contributed by atoms with Gasteiger partial charge in [-0.05, 0) is 42.5 Å². The number of nitrogens with zero attached hydrogens (tertiary/aromatic N) is 1. The monoisotopic (exact) mass is 449 g/mol. The molecular formula is C20H17Cl2N3O3S. The molecule has 2 aromatic carbocycles. The Kier molecular flexibility index (Phi) is 5.63. The third-order valence-electron chi connectivity index (χ3n) is 4.71. The fourth-order valence-electron chi connectivity index (χ4n) is 3.18. The fraction of sp³-hybridized carbons (Fsp3) is 0.200. The van der Waals surface area contributed by atoms with E-state index in [-0.39, 0.29) is 17.5 Å². The van der Waals surface area contributed by atoms with Crippen molar-refractivity contribution < 1.29 is 14.3 Å². The topological polar surface area (TPSA) is 74.4 Å². The van der Waals surface area contributed by atoms with Gasteiger partial charge in [0.15, 0.2) is 0 Å². The number of benzene rings is 2. The predicted octanol–water partition coefficient (Wildman–Crippen LogP) is 4.64. The van der Waals surface area contributed by atoms with Crippen LogP contribution in [0.1, 0.15) is 10.5 Å². The van der Waals surface area contributed by atoms with Crippen molar-refractivity contribution in [3.63, 3.8) is 0 Å². The lowest BCUT2D eigenvalue weighted by atomic mass is 10.2. The molecule has 0 saturated carbocycles. The van der Waals surface area contributed by atoms with Crippen molar-refractivity contribution >= 4 is 63.4 Å². The molecule has 29 heavy (non-hydrogen) atoms. The van der Waals surface area contributed by atoms with E-state index in [4.69, 9.17) is 27.9 Å². The summed E-state index contributed by atoms with van der Waals surface area (Å²) in [6, 6.07) is 11.6. The third-order valence-corrected chi connectivity index (χ3v) is 6.35. The maximum atomic E-state index is 13.1. The molecule has 1 unspecified atom stereocenters. The number of H-pyrrole nitrogens is 1. The van der Waals surface area contributed by atoms with Crippen molar-refractivity contribution in [1.82, 2.24) is 9.88 Å². The van der Waals surface area contributed by atoms with Gasteiger partial charge in [-0.3, -0.25) is 9.59 Å². The Labute approximate surface area is 181 Å². The Hall–Kier alpha value is -2.35. The number of hydrogen-bond donors (Lipinski definition) is 2. The van der Waals surface area contributed by atoms with E-state index in [2.05, 4.69) is 10.3 Å². The van der Waals surface area contributed by atoms with Gasteiger partial charge in [0.25, 0.3) is 5.91 Å². The molecule has 1 aliphatic heterocycles. The van der Waals surface area contributed by atoms with Crippen LogP contribution in [0.4, 0.5) is 5.69 Å². The summed E-state index contributed by atoms with van der Waals surface area (Å²) >= 11 is 14.0. The van der Waals surface area contributed by atoms with E-state index in [0.717, 1.165) is 0 Å². The van der Waals surface area contributed by atoms with Crippen molar-refractivity contribution in [2.75, 3.05) is 24.1 Å². The molecule has 1 aromatic heterocycles. The number of methoxy groups -OCH3 is 1. The van der Waals surface area contributed by atoms with Gasteiger partial charge in [0, 0.05) is 27.4 Å². The van der Waals surface area contributed by atoms with Crippen LogP contribution in [0.5, 0.6) is 5.75 Å². The van der Waals surface area contributed by atoms with E-state index in [0.29, 0.717) is 44.0 Å². The zero-order valence-electron chi connectivity index (χ0n) is 15.4. The molecule has 1 atom stereocenters. The molecule has 4 rings (SSSR count). The fourth-order valence-corrected chi connectivity index (χ4v) is 4.79. The molecule has 2 N–H and O–H groups in total. The summed E-state index contributed by atoms with van der Waals surface area (Å²) in [4.78, 5) is 30.5. The number of anilines is 1. The number of carbonyl (C=O) groups excluding carboxylic acids is 2. The van der Waals surface area contributed by atoms with Crippen LogP contribution in [-0.4, -0.2) is 46.5 Å². The highest BCUT2D eigenvalue weighted by Gasteiger charge is 2.36. The molecule has 6 nitrogen and oxygen atoms in total. The van der Waals surface area contributed by atoms with E-state index in [1.165, 1.54) is 16.7 Å². The Bertz CT molecular complexity index is 1080. The molecule has 2 amide bonds. The molecule has 0 spiro atoms. The number of hydrogen-bond acceptors (Lipinski definition) is 4. The summed E-state index contributed by atoms with van der Waals surface area (Å²) in [7, 11) is 1.58. The zero-order valence-corrected chi connectivity index (χ0v) is 17.7. The summed E-state index contributed by atoms with van der Waals surface area (Å²) < 4.78 is 5.12. The molecule has 0 aliphatic carbocycles. The quantitative estimate of drug-likeness (QED) is 0.608. The Morgan fingerprint density at radius 2 is 1.97 bits per heavy atom. The molecule has 0 bridgehead atoms. The van der Waals surface area contributed by atoms with Crippen LogP contribution < -0.4 is 10.1 Å². The van der Waals surface area contributed by atoms with E-state index in [1.807, 2.05) is 0 Å². The standard InChI is InChI=1S/C20H17Cl2N3O3S/c1-28-13-5-3-12(4-6-13)23-19(26)16-9-29-10-25(16)20(27)18-17(22)14-8-11(21)2-7-15(14)24-18/h2-8,16,24H,9-10H2,1H3,(H,23,26). The van der Waals surface area contributed by atoms with Crippen LogP contribution in [-0.2, 0) is 4.79 Å². The van der Waals surface area contributed by atoms with Crippen molar-refractivity contribution in [2.24, 2.45) is 0 Å². The summed E-state index contributed by atoms with van der Waals surface area (Å²) in [5.41, 5.74) is 1.61. The molecule has 2 heterocycles. The second kappa shape index (κ2) is 8.18.